The van der Waals surface area contributed by atoms with Crippen LogP contribution < -0.4 is 10.6 Å². The molecule has 6 atom stereocenters. The Morgan fingerprint density at radius 3 is 2.27 bits per heavy atom. The lowest BCUT2D eigenvalue weighted by Gasteiger charge is -2.50. The molecule has 2 heterocycles. The van der Waals surface area contributed by atoms with Gasteiger partial charge in [-0.25, -0.2) is 0 Å². The number of aliphatic hydroxyl groups is 1. The molecule has 55 heavy (non-hydrogen) atoms. The molecule has 4 N–H and O–H groups in total. The van der Waals surface area contributed by atoms with E-state index in [9.17, 15) is 19.5 Å². The molecular weight excluding hydrogens is 695 g/mol. The first-order valence-corrected chi connectivity index (χ1v) is 20.2. The summed E-state index contributed by atoms with van der Waals surface area (Å²) in [6, 6.07) is 24.4. The second kappa shape index (κ2) is 18.7. The van der Waals surface area contributed by atoms with E-state index >= 15 is 0 Å². The standard InChI is InChI=1S/C45H59N3O7/c1-45(2,3)47-43(53)39-24-23-33-10-4-5-12-38(33)48(39)28-37-26-40(34-17-15-30(29-49)16-18-34)55-44(54-37)35-21-19-32(20-22-35)36-11-8-9-31(25-36)27-46-41(50)13-6-7-14-42(51)52/h8-9,11,15-22,25,33,37-40,44,49H,4-7,10,12-14,23-24,26-29H2,1-3H3,(H,46,50)(H,47,53)(H,51,52)/t33-,37+,38-,39-,40-,44-/m1/s1. The maximum Gasteiger partial charge on any atom is 0.303 e. The fourth-order valence-corrected chi connectivity index (χ4v) is 8.54. The number of nitrogens with one attached hydrogen (secondary N) is 2. The number of nitrogens with zero attached hydrogens (tertiary/aromatic N) is 1. The van der Waals surface area contributed by atoms with Crippen molar-refractivity contribution in [1.29, 1.82) is 0 Å². The van der Waals surface area contributed by atoms with Crippen molar-refractivity contribution in [3.8, 4) is 11.1 Å². The molecule has 3 aromatic carbocycles. The normalized spacial score (nSPS) is 24.4. The number of rotatable bonds is 14. The monoisotopic (exact) mass is 753 g/mol. The topological polar surface area (TPSA) is 137 Å². The minimum atomic E-state index is -0.843. The van der Waals surface area contributed by atoms with Crippen LogP contribution in [-0.2, 0) is 37.0 Å². The molecule has 3 aliphatic rings. The third-order valence-electron chi connectivity index (χ3n) is 11.3. The van der Waals surface area contributed by atoms with E-state index in [0.717, 1.165) is 52.6 Å². The average Bonchev–Trinajstić information content (AvgIpc) is 3.18. The van der Waals surface area contributed by atoms with Crippen molar-refractivity contribution in [1.82, 2.24) is 15.5 Å². The second-order valence-electron chi connectivity index (χ2n) is 16.7. The van der Waals surface area contributed by atoms with Gasteiger partial charge in [-0.2, -0.15) is 0 Å². The van der Waals surface area contributed by atoms with Crippen molar-refractivity contribution in [3.63, 3.8) is 0 Å². The smallest absolute Gasteiger partial charge is 0.303 e. The molecule has 0 bridgehead atoms. The van der Waals surface area contributed by atoms with Gasteiger partial charge >= 0.3 is 5.97 Å². The molecular formula is C45H59N3O7. The highest BCUT2D eigenvalue weighted by Gasteiger charge is 2.44. The highest BCUT2D eigenvalue weighted by Crippen LogP contribution is 2.42. The third kappa shape index (κ3) is 11.3. The first-order chi connectivity index (χ1) is 26.5. The molecule has 3 aromatic rings. The number of carbonyl (C=O) groups is 3. The van der Waals surface area contributed by atoms with Gasteiger partial charge in [0.15, 0.2) is 6.29 Å². The number of aliphatic carboxylic acids is 1. The van der Waals surface area contributed by atoms with Crippen molar-refractivity contribution >= 4 is 17.8 Å². The number of carboxylic acids is 1. The molecule has 2 saturated heterocycles. The van der Waals surface area contributed by atoms with Crippen LogP contribution in [0.1, 0.15) is 126 Å². The van der Waals surface area contributed by atoms with Gasteiger partial charge in [-0.1, -0.05) is 79.6 Å². The fourth-order valence-electron chi connectivity index (χ4n) is 8.54. The number of aliphatic hydroxyl groups excluding tert-OH is 1. The van der Waals surface area contributed by atoms with Crippen LogP contribution in [0.4, 0.5) is 0 Å². The van der Waals surface area contributed by atoms with Crippen LogP contribution in [0, 0.1) is 5.92 Å². The molecule has 0 unspecified atom stereocenters. The number of hydrogen-bond donors (Lipinski definition) is 4. The Balaban J connectivity index is 1.18. The van der Waals surface area contributed by atoms with Gasteiger partial charge in [0.1, 0.15) is 0 Å². The van der Waals surface area contributed by atoms with Gasteiger partial charge in [0.05, 0.1) is 24.9 Å². The number of piperidine rings is 1. The minimum Gasteiger partial charge on any atom is -0.481 e. The van der Waals surface area contributed by atoms with Crippen LogP contribution in [0.15, 0.2) is 72.8 Å². The number of carboxylic acid groups (broad SMARTS) is 1. The van der Waals surface area contributed by atoms with Crippen LogP contribution >= 0.6 is 0 Å². The molecule has 10 heteroatoms. The van der Waals surface area contributed by atoms with E-state index in [0.29, 0.717) is 50.7 Å². The van der Waals surface area contributed by atoms with Crippen LogP contribution in [0.3, 0.4) is 0 Å². The van der Waals surface area contributed by atoms with E-state index < -0.39 is 12.3 Å². The molecule has 1 aliphatic carbocycles. The Morgan fingerprint density at radius 2 is 1.55 bits per heavy atom. The van der Waals surface area contributed by atoms with Crippen LogP contribution in [0.2, 0.25) is 0 Å². The number of ether oxygens (including phenoxy) is 2. The van der Waals surface area contributed by atoms with Gasteiger partial charge in [-0.3, -0.25) is 19.3 Å². The number of carbonyl (C=O) groups excluding carboxylic acids is 2. The number of fused-ring (bicyclic) bond motifs is 1. The van der Waals surface area contributed by atoms with Crippen LogP contribution in [0.5, 0.6) is 0 Å². The lowest BCUT2D eigenvalue weighted by molar-refractivity contribution is -0.255. The largest absolute Gasteiger partial charge is 0.481 e. The molecule has 296 valence electrons. The summed E-state index contributed by atoms with van der Waals surface area (Å²) in [4.78, 5) is 39.3. The Hall–Kier alpha value is -4.09. The lowest BCUT2D eigenvalue weighted by atomic mass is 9.75. The quantitative estimate of drug-likeness (QED) is 0.124. The number of unbranched alkanes of at least 4 members (excludes halogenated alkanes) is 1. The molecule has 2 aliphatic heterocycles. The van der Waals surface area contributed by atoms with Crippen molar-refractivity contribution in [2.75, 3.05) is 6.54 Å². The Morgan fingerprint density at radius 1 is 0.818 bits per heavy atom. The first kappa shape index (κ1) is 40.6. The molecule has 6 rings (SSSR count). The molecule has 0 aromatic heterocycles. The van der Waals surface area contributed by atoms with Gasteiger partial charge in [0.25, 0.3) is 0 Å². The number of hydrogen-bond acceptors (Lipinski definition) is 7. The Labute approximate surface area is 326 Å². The predicted octanol–water partition coefficient (Wildman–Crippen LogP) is 7.59. The molecule has 0 radical (unpaired) electrons. The van der Waals surface area contributed by atoms with Crippen LogP contribution in [0.25, 0.3) is 11.1 Å². The highest BCUT2D eigenvalue weighted by molar-refractivity contribution is 5.82. The van der Waals surface area contributed by atoms with Crippen molar-refractivity contribution in [2.45, 2.75) is 141 Å². The van der Waals surface area contributed by atoms with E-state index in [2.05, 4.69) is 45.9 Å². The van der Waals surface area contributed by atoms with Crippen molar-refractivity contribution < 1.29 is 34.1 Å². The molecule has 1 saturated carbocycles. The van der Waals surface area contributed by atoms with Gasteiger partial charge in [-0.05, 0) is 99.1 Å². The van der Waals surface area contributed by atoms with E-state index in [1.165, 1.54) is 19.3 Å². The summed E-state index contributed by atoms with van der Waals surface area (Å²) >= 11 is 0. The maximum absolute atomic E-state index is 13.8. The molecule has 2 amide bonds. The molecule has 0 spiro atoms. The number of likely N-dealkylation sites (tertiary alicyclic amines) is 1. The van der Waals surface area contributed by atoms with Crippen molar-refractivity contribution in [3.05, 3.63) is 95.1 Å². The maximum atomic E-state index is 13.8. The summed E-state index contributed by atoms with van der Waals surface area (Å²) in [5, 5.41) is 24.7. The average molecular weight is 754 g/mol. The van der Waals surface area contributed by atoms with E-state index in [1.807, 2.05) is 63.2 Å². The van der Waals surface area contributed by atoms with Gasteiger partial charge in [0, 0.05) is 49.5 Å². The number of amides is 2. The zero-order chi connectivity index (χ0) is 39.0. The SMILES string of the molecule is CC(C)(C)NC(=O)[C@H]1CC[C@H]2CCCC[C@H]2N1C[C@@H]1C[C@H](c2ccc(CO)cc2)O[C@H](c2ccc(-c3cccc(CNC(=O)CCCCC(=O)O)c3)cc2)O1. The zero-order valence-electron chi connectivity index (χ0n) is 32.7. The van der Waals surface area contributed by atoms with Gasteiger partial charge < -0.3 is 30.3 Å². The summed E-state index contributed by atoms with van der Waals surface area (Å²) in [6.45, 7) is 7.15. The van der Waals surface area contributed by atoms with Gasteiger partial charge in [-0.15, -0.1) is 0 Å². The van der Waals surface area contributed by atoms with Crippen LogP contribution in [-0.4, -0.2) is 63.2 Å². The molecule has 10 nitrogen and oxygen atoms in total. The minimum absolute atomic E-state index is 0.0181. The highest BCUT2D eigenvalue weighted by atomic mass is 16.7. The summed E-state index contributed by atoms with van der Waals surface area (Å²) in [5.74, 6) is -0.227. The predicted molar refractivity (Wildman–Crippen MR) is 212 cm³/mol. The second-order valence-corrected chi connectivity index (χ2v) is 16.7. The summed E-state index contributed by atoms with van der Waals surface area (Å²) in [7, 11) is 0. The Kier molecular flexibility index (Phi) is 13.8. The third-order valence-corrected chi connectivity index (χ3v) is 11.3. The lowest BCUT2D eigenvalue weighted by Crippen LogP contribution is -2.61. The Bertz CT molecular complexity index is 1740. The van der Waals surface area contributed by atoms with E-state index in [-0.39, 0.29) is 48.6 Å². The summed E-state index contributed by atoms with van der Waals surface area (Å²) < 4.78 is 13.6. The van der Waals surface area contributed by atoms with E-state index in [1.54, 1.807) is 0 Å². The fraction of sp³-hybridized carbons (Fsp3) is 0.533. The zero-order valence-corrected chi connectivity index (χ0v) is 32.7. The first-order valence-electron chi connectivity index (χ1n) is 20.2. The van der Waals surface area contributed by atoms with E-state index in [4.69, 9.17) is 14.6 Å². The molecule has 3 fully saturated rings. The summed E-state index contributed by atoms with van der Waals surface area (Å²) in [5.41, 5.74) is 5.51. The number of benzene rings is 3. The van der Waals surface area contributed by atoms with Crippen molar-refractivity contribution in [2.24, 2.45) is 5.92 Å². The van der Waals surface area contributed by atoms with Gasteiger partial charge in [0.2, 0.25) is 11.8 Å². The summed E-state index contributed by atoms with van der Waals surface area (Å²) in [6.07, 6.45) is 7.75.